The molecule has 1 saturated carbocycles. The van der Waals surface area contributed by atoms with Crippen LogP contribution in [0.1, 0.15) is 25.3 Å². The summed E-state index contributed by atoms with van der Waals surface area (Å²) in [5, 5.41) is 0. The van der Waals surface area contributed by atoms with Crippen LogP contribution in [0.2, 0.25) is 0 Å². The molecule has 2 N–H and O–H groups in total. The summed E-state index contributed by atoms with van der Waals surface area (Å²) in [6.07, 6.45) is 3.56. The lowest BCUT2D eigenvalue weighted by atomic mass is 10.1. The molecule has 1 aromatic rings. The summed E-state index contributed by atoms with van der Waals surface area (Å²) in [5.41, 5.74) is 6.99. The first-order valence-corrected chi connectivity index (χ1v) is 5.78. The molecule has 0 bridgehead atoms. The summed E-state index contributed by atoms with van der Waals surface area (Å²) in [4.78, 5) is 0. The molecule has 0 radical (unpaired) electrons. The van der Waals surface area contributed by atoms with Gasteiger partial charge in [0, 0.05) is 6.04 Å². The molecule has 16 heavy (non-hydrogen) atoms. The van der Waals surface area contributed by atoms with Crippen molar-refractivity contribution in [1.82, 2.24) is 0 Å². The third-order valence-corrected chi connectivity index (χ3v) is 2.60. The Morgan fingerprint density at radius 3 is 2.69 bits per heavy atom. The summed E-state index contributed by atoms with van der Waals surface area (Å²) in [5.74, 6) is 1.66. The monoisotopic (exact) mass is 221 g/mol. The second-order valence-electron chi connectivity index (χ2n) is 4.48. The van der Waals surface area contributed by atoms with E-state index in [4.69, 9.17) is 15.2 Å². The van der Waals surface area contributed by atoms with Crippen molar-refractivity contribution in [3.63, 3.8) is 0 Å². The van der Waals surface area contributed by atoms with Gasteiger partial charge in [-0.3, -0.25) is 0 Å². The molecule has 1 aromatic carbocycles. The Balaban J connectivity index is 2.15. The molecule has 0 spiro atoms. The van der Waals surface area contributed by atoms with Crippen molar-refractivity contribution in [2.75, 3.05) is 7.11 Å². The molecule has 1 aliphatic rings. The van der Waals surface area contributed by atoms with E-state index in [2.05, 4.69) is 0 Å². The highest BCUT2D eigenvalue weighted by Gasteiger charge is 2.25. The minimum Gasteiger partial charge on any atom is -0.493 e. The van der Waals surface area contributed by atoms with Gasteiger partial charge in [-0.25, -0.2) is 0 Å². The fraction of sp³-hybridized carbons (Fsp3) is 0.538. The second-order valence-corrected chi connectivity index (χ2v) is 4.48. The highest BCUT2D eigenvalue weighted by Crippen LogP contribution is 2.34. The summed E-state index contributed by atoms with van der Waals surface area (Å²) in [6, 6.07) is 6.21. The van der Waals surface area contributed by atoms with Gasteiger partial charge in [-0.2, -0.15) is 0 Å². The first-order chi connectivity index (χ1) is 7.69. The molecule has 3 nitrogen and oxygen atoms in total. The fourth-order valence-electron chi connectivity index (χ4n) is 1.68. The van der Waals surface area contributed by atoms with Crippen molar-refractivity contribution < 1.29 is 9.47 Å². The zero-order valence-electron chi connectivity index (χ0n) is 9.90. The summed E-state index contributed by atoms with van der Waals surface area (Å²) >= 11 is 0. The topological polar surface area (TPSA) is 44.5 Å². The van der Waals surface area contributed by atoms with E-state index < -0.39 is 0 Å². The Morgan fingerprint density at radius 1 is 1.38 bits per heavy atom. The molecule has 0 aromatic heterocycles. The number of rotatable bonds is 5. The number of ether oxygens (including phenoxy) is 2. The standard InChI is InChI=1S/C13H19NO2/c1-9(14)7-10-3-6-12(15-2)13(8-10)16-11-4-5-11/h3,6,8-9,11H,4-5,7,14H2,1-2H3. The van der Waals surface area contributed by atoms with E-state index in [0.29, 0.717) is 6.10 Å². The Labute approximate surface area is 96.5 Å². The van der Waals surface area contributed by atoms with Crippen LogP contribution in [0.3, 0.4) is 0 Å². The molecule has 0 aliphatic heterocycles. The van der Waals surface area contributed by atoms with Crippen LogP contribution < -0.4 is 15.2 Å². The van der Waals surface area contributed by atoms with Gasteiger partial charge in [-0.1, -0.05) is 6.07 Å². The highest BCUT2D eigenvalue weighted by atomic mass is 16.5. The van der Waals surface area contributed by atoms with E-state index in [0.717, 1.165) is 30.8 Å². The number of hydrogen-bond donors (Lipinski definition) is 1. The summed E-state index contributed by atoms with van der Waals surface area (Å²) in [7, 11) is 1.67. The number of hydrogen-bond acceptors (Lipinski definition) is 3. The van der Waals surface area contributed by atoms with E-state index in [9.17, 15) is 0 Å². The number of methoxy groups -OCH3 is 1. The lowest BCUT2D eigenvalue weighted by molar-refractivity contribution is 0.282. The zero-order chi connectivity index (χ0) is 11.5. The van der Waals surface area contributed by atoms with Crippen molar-refractivity contribution in [3.8, 4) is 11.5 Å². The lowest BCUT2D eigenvalue weighted by Gasteiger charge is -2.12. The largest absolute Gasteiger partial charge is 0.493 e. The normalized spacial score (nSPS) is 16.9. The van der Waals surface area contributed by atoms with E-state index >= 15 is 0 Å². The molecular formula is C13H19NO2. The molecule has 1 atom stereocenters. The van der Waals surface area contributed by atoms with Gasteiger partial charge in [0.1, 0.15) is 0 Å². The predicted molar refractivity (Wildman–Crippen MR) is 64.0 cm³/mol. The van der Waals surface area contributed by atoms with Gasteiger partial charge in [-0.15, -0.1) is 0 Å². The fourth-order valence-corrected chi connectivity index (χ4v) is 1.68. The van der Waals surface area contributed by atoms with Gasteiger partial charge in [-0.05, 0) is 43.9 Å². The minimum atomic E-state index is 0.169. The third-order valence-electron chi connectivity index (χ3n) is 2.60. The minimum absolute atomic E-state index is 0.169. The molecule has 88 valence electrons. The van der Waals surface area contributed by atoms with Crippen molar-refractivity contribution in [2.24, 2.45) is 5.73 Å². The smallest absolute Gasteiger partial charge is 0.161 e. The van der Waals surface area contributed by atoms with Crippen LogP contribution >= 0.6 is 0 Å². The van der Waals surface area contributed by atoms with Gasteiger partial charge in [0.2, 0.25) is 0 Å². The van der Waals surface area contributed by atoms with Crippen molar-refractivity contribution in [1.29, 1.82) is 0 Å². The molecule has 1 unspecified atom stereocenters. The maximum Gasteiger partial charge on any atom is 0.161 e. The van der Waals surface area contributed by atoms with Crippen LogP contribution in [0.4, 0.5) is 0 Å². The van der Waals surface area contributed by atoms with Gasteiger partial charge >= 0.3 is 0 Å². The maximum atomic E-state index is 5.80. The van der Waals surface area contributed by atoms with E-state index in [1.165, 1.54) is 5.56 Å². The average Bonchev–Trinajstić information content (AvgIpc) is 3.01. The molecule has 2 rings (SSSR count). The predicted octanol–water partition coefficient (Wildman–Crippen LogP) is 2.13. The third kappa shape index (κ3) is 2.89. The van der Waals surface area contributed by atoms with Crippen molar-refractivity contribution in [3.05, 3.63) is 23.8 Å². The van der Waals surface area contributed by atoms with Crippen LogP contribution in [0.25, 0.3) is 0 Å². The van der Waals surface area contributed by atoms with Gasteiger partial charge in [0.15, 0.2) is 11.5 Å². The summed E-state index contributed by atoms with van der Waals surface area (Å²) in [6.45, 7) is 2.01. The Morgan fingerprint density at radius 2 is 2.12 bits per heavy atom. The molecule has 0 saturated heterocycles. The van der Waals surface area contributed by atoms with Crippen LogP contribution in [-0.4, -0.2) is 19.3 Å². The molecule has 0 heterocycles. The number of nitrogens with two attached hydrogens (primary N) is 1. The molecule has 1 fully saturated rings. The van der Waals surface area contributed by atoms with Crippen LogP contribution in [-0.2, 0) is 6.42 Å². The maximum absolute atomic E-state index is 5.80. The average molecular weight is 221 g/mol. The Kier molecular flexibility index (Phi) is 3.34. The van der Waals surface area contributed by atoms with Crippen LogP contribution in [0.15, 0.2) is 18.2 Å². The van der Waals surface area contributed by atoms with Gasteiger partial charge in [0.25, 0.3) is 0 Å². The molecule has 0 amide bonds. The van der Waals surface area contributed by atoms with E-state index in [1.54, 1.807) is 7.11 Å². The molecule has 1 aliphatic carbocycles. The second kappa shape index (κ2) is 4.74. The Bertz CT molecular complexity index is 359. The first-order valence-electron chi connectivity index (χ1n) is 5.78. The lowest BCUT2D eigenvalue weighted by Crippen LogP contribution is -2.17. The van der Waals surface area contributed by atoms with E-state index in [-0.39, 0.29) is 6.04 Å². The molecular weight excluding hydrogens is 202 g/mol. The highest BCUT2D eigenvalue weighted by molar-refractivity contribution is 5.43. The Hall–Kier alpha value is -1.22. The van der Waals surface area contributed by atoms with Crippen molar-refractivity contribution >= 4 is 0 Å². The zero-order valence-corrected chi connectivity index (χ0v) is 9.90. The van der Waals surface area contributed by atoms with E-state index in [1.807, 2.05) is 25.1 Å². The molecule has 3 heteroatoms. The quantitative estimate of drug-likeness (QED) is 0.828. The van der Waals surface area contributed by atoms with Gasteiger partial charge in [0.05, 0.1) is 13.2 Å². The van der Waals surface area contributed by atoms with Crippen molar-refractivity contribution in [2.45, 2.75) is 38.3 Å². The summed E-state index contributed by atoms with van der Waals surface area (Å²) < 4.78 is 11.1. The van der Waals surface area contributed by atoms with Gasteiger partial charge < -0.3 is 15.2 Å². The number of benzene rings is 1. The van der Waals surface area contributed by atoms with Crippen LogP contribution in [0.5, 0.6) is 11.5 Å². The first kappa shape index (κ1) is 11.3. The SMILES string of the molecule is COc1ccc(CC(C)N)cc1OC1CC1. The van der Waals surface area contributed by atoms with Crippen LogP contribution in [0, 0.1) is 0 Å².